The lowest BCUT2D eigenvalue weighted by Gasteiger charge is -2.24. The van der Waals surface area contributed by atoms with Gasteiger partial charge in [0.05, 0.1) is 10.6 Å². The minimum absolute atomic E-state index is 0.0878. The molecular formula is C21H22ClFN2O2. The first-order chi connectivity index (χ1) is 12.9. The Morgan fingerprint density at radius 3 is 2.48 bits per heavy atom. The number of nitrogens with one attached hydrogen (secondary N) is 1. The van der Waals surface area contributed by atoms with Gasteiger partial charge in [0.15, 0.2) is 5.78 Å². The molecule has 1 saturated carbocycles. The van der Waals surface area contributed by atoms with Crippen molar-refractivity contribution in [3.05, 3.63) is 70.0 Å². The predicted octanol–water partition coefficient (Wildman–Crippen LogP) is 4.01. The van der Waals surface area contributed by atoms with Crippen molar-refractivity contribution in [3.8, 4) is 0 Å². The highest BCUT2D eigenvalue weighted by molar-refractivity contribution is 6.35. The van der Waals surface area contributed by atoms with E-state index in [0.29, 0.717) is 11.1 Å². The van der Waals surface area contributed by atoms with Crippen molar-refractivity contribution in [2.75, 3.05) is 0 Å². The molecule has 0 radical (unpaired) electrons. The molecule has 0 spiro atoms. The number of halogens is 2. The molecule has 1 aliphatic rings. The lowest BCUT2D eigenvalue weighted by Crippen LogP contribution is -2.35. The summed E-state index contributed by atoms with van der Waals surface area (Å²) < 4.78 is 15.4. The van der Waals surface area contributed by atoms with Crippen LogP contribution in [0.15, 0.2) is 42.5 Å². The van der Waals surface area contributed by atoms with E-state index in [9.17, 15) is 9.59 Å². The summed E-state index contributed by atoms with van der Waals surface area (Å²) in [5, 5.41) is 3.39. The summed E-state index contributed by atoms with van der Waals surface area (Å²) in [6.45, 7) is 1.84. The van der Waals surface area contributed by atoms with E-state index < -0.39 is 17.5 Å². The van der Waals surface area contributed by atoms with Gasteiger partial charge in [-0.3, -0.25) is 9.59 Å². The molecule has 2 aromatic carbocycles. The van der Waals surface area contributed by atoms with Gasteiger partial charge in [0.25, 0.3) is 0 Å². The van der Waals surface area contributed by atoms with Crippen LogP contribution in [-0.2, 0) is 4.79 Å². The first-order valence-corrected chi connectivity index (χ1v) is 9.38. The van der Waals surface area contributed by atoms with Gasteiger partial charge in [-0.1, -0.05) is 48.0 Å². The summed E-state index contributed by atoms with van der Waals surface area (Å²) >= 11 is 6.18. The molecule has 3 N–H and O–H groups in total. The van der Waals surface area contributed by atoms with Gasteiger partial charge in [0.1, 0.15) is 5.82 Å². The monoisotopic (exact) mass is 388 g/mol. The van der Waals surface area contributed by atoms with E-state index in [1.54, 1.807) is 42.5 Å². The number of ketones is 1. The second kappa shape index (κ2) is 8.19. The van der Waals surface area contributed by atoms with Crippen LogP contribution in [0.3, 0.4) is 0 Å². The molecule has 2 atom stereocenters. The highest BCUT2D eigenvalue weighted by atomic mass is 35.5. The molecule has 27 heavy (non-hydrogen) atoms. The van der Waals surface area contributed by atoms with Gasteiger partial charge in [0, 0.05) is 29.6 Å². The molecule has 3 rings (SSSR count). The zero-order chi connectivity index (χ0) is 19.6. The highest BCUT2D eigenvalue weighted by Gasteiger charge is 2.36. The third kappa shape index (κ3) is 4.54. The Hall–Kier alpha value is -2.24. The van der Waals surface area contributed by atoms with Crippen LogP contribution in [0.25, 0.3) is 0 Å². The molecule has 0 aliphatic heterocycles. The summed E-state index contributed by atoms with van der Waals surface area (Å²) in [6.07, 6.45) is 2.09. The Bertz CT molecular complexity index is 853. The number of hydrogen-bond donors (Lipinski definition) is 2. The fourth-order valence-electron chi connectivity index (χ4n) is 3.33. The minimum atomic E-state index is -0.605. The van der Waals surface area contributed by atoms with E-state index in [0.717, 1.165) is 12.8 Å². The standard InChI is InChI=1S/C21H22ClFN2O2/c1-12(11-17(24)26)25-20(13-7-8-13)15-9-10-16(22)18(19(15)23)21(27)14-5-3-2-4-6-14/h2-6,9-10,12-13,20,25H,7-8,11H2,1H3,(H2,24,26)/t12-,20+/m0/s1. The first kappa shape index (κ1) is 19.5. The van der Waals surface area contributed by atoms with Crippen molar-refractivity contribution >= 4 is 23.3 Å². The Morgan fingerprint density at radius 1 is 1.22 bits per heavy atom. The molecule has 0 unspecified atom stereocenters. The van der Waals surface area contributed by atoms with Gasteiger partial charge in [-0.05, 0) is 31.7 Å². The predicted molar refractivity (Wildman–Crippen MR) is 103 cm³/mol. The molecule has 0 saturated heterocycles. The smallest absolute Gasteiger partial charge is 0.218 e. The van der Waals surface area contributed by atoms with Crippen LogP contribution in [-0.4, -0.2) is 17.7 Å². The van der Waals surface area contributed by atoms with E-state index in [1.165, 1.54) is 0 Å². The summed E-state index contributed by atoms with van der Waals surface area (Å²) in [4.78, 5) is 24.0. The normalized spacial score (nSPS) is 16.0. The van der Waals surface area contributed by atoms with Gasteiger partial charge in [-0.2, -0.15) is 0 Å². The average Bonchev–Trinajstić information content (AvgIpc) is 3.45. The van der Waals surface area contributed by atoms with Crippen LogP contribution >= 0.6 is 11.6 Å². The van der Waals surface area contributed by atoms with Crippen LogP contribution in [0.5, 0.6) is 0 Å². The largest absolute Gasteiger partial charge is 0.370 e. The number of carbonyl (C=O) groups is 2. The van der Waals surface area contributed by atoms with Crippen molar-refractivity contribution in [3.63, 3.8) is 0 Å². The van der Waals surface area contributed by atoms with Crippen LogP contribution in [0.2, 0.25) is 5.02 Å². The molecular weight excluding hydrogens is 367 g/mol. The van der Waals surface area contributed by atoms with E-state index in [4.69, 9.17) is 17.3 Å². The SMILES string of the molecule is C[C@@H](CC(N)=O)N[C@@H](c1ccc(Cl)c(C(=O)c2ccccc2)c1F)C1CC1. The van der Waals surface area contributed by atoms with Crippen molar-refractivity contribution in [1.29, 1.82) is 0 Å². The van der Waals surface area contributed by atoms with E-state index >= 15 is 4.39 Å². The van der Waals surface area contributed by atoms with Gasteiger partial charge < -0.3 is 11.1 Å². The van der Waals surface area contributed by atoms with Gasteiger partial charge in [0.2, 0.25) is 5.91 Å². The summed E-state index contributed by atoms with van der Waals surface area (Å²) in [6, 6.07) is 11.2. The fraction of sp³-hybridized carbons (Fsp3) is 0.333. The molecule has 1 amide bonds. The van der Waals surface area contributed by atoms with E-state index in [1.807, 2.05) is 6.92 Å². The molecule has 4 nitrogen and oxygen atoms in total. The molecule has 0 heterocycles. The Balaban J connectivity index is 1.95. The number of hydrogen-bond acceptors (Lipinski definition) is 3. The maximum Gasteiger partial charge on any atom is 0.218 e. The van der Waals surface area contributed by atoms with Crippen LogP contribution in [0.4, 0.5) is 4.39 Å². The van der Waals surface area contributed by atoms with Crippen molar-refractivity contribution in [1.82, 2.24) is 5.32 Å². The third-order valence-corrected chi connectivity index (χ3v) is 5.10. The zero-order valence-corrected chi connectivity index (χ0v) is 15.8. The minimum Gasteiger partial charge on any atom is -0.370 e. The number of benzene rings is 2. The second-order valence-electron chi connectivity index (χ2n) is 7.07. The van der Waals surface area contributed by atoms with Crippen LogP contribution in [0, 0.1) is 11.7 Å². The number of primary amides is 1. The lowest BCUT2D eigenvalue weighted by atomic mass is 9.94. The van der Waals surface area contributed by atoms with Crippen LogP contribution < -0.4 is 11.1 Å². The maximum absolute atomic E-state index is 15.4. The Morgan fingerprint density at radius 2 is 1.89 bits per heavy atom. The quantitative estimate of drug-likeness (QED) is 0.671. The third-order valence-electron chi connectivity index (χ3n) is 4.78. The Kier molecular flexibility index (Phi) is 5.92. The lowest BCUT2D eigenvalue weighted by molar-refractivity contribution is -0.118. The number of carbonyl (C=O) groups excluding carboxylic acids is 2. The molecule has 6 heteroatoms. The molecule has 2 aromatic rings. The van der Waals surface area contributed by atoms with E-state index in [2.05, 4.69) is 5.32 Å². The molecule has 0 bridgehead atoms. The van der Waals surface area contributed by atoms with Gasteiger partial charge in [-0.25, -0.2) is 4.39 Å². The first-order valence-electron chi connectivity index (χ1n) is 9.00. The van der Waals surface area contributed by atoms with Gasteiger partial charge >= 0.3 is 0 Å². The summed E-state index contributed by atoms with van der Waals surface area (Å²) in [7, 11) is 0. The second-order valence-corrected chi connectivity index (χ2v) is 7.48. The zero-order valence-electron chi connectivity index (χ0n) is 15.0. The topological polar surface area (TPSA) is 72.2 Å². The number of rotatable bonds is 8. The molecule has 1 aliphatic carbocycles. The highest BCUT2D eigenvalue weighted by Crippen LogP contribution is 2.43. The number of amides is 1. The fourth-order valence-corrected chi connectivity index (χ4v) is 3.56. The van der Waals surface area contributed by atoms with E-state index in [-0.39, 0.29) is 35.0 Å². The maximum atomic E-state index is 15.4. The van der Waals surface area contributed by atoms with Crippen molar-refractivity contribution < 1.29 is 14.0 Å². The van der Waals surface area contributed by atoms with Gasteiger partial charge in [-0.15, -0.1) is 0 Å². The summed E-state index contributed by atoms with van der Waals surface area (Å²) in [5.41, 5.74) is 5.93. The molecule has 0 aromatic heterocycles. The molecule has 1 fully saturated rings. The van der Waals surface area contributed by atoms with Crippen molar-refractivity contribution in [2.24, 2.45) is 11.7 Å². The average molecular weight is 389 g/mol. The molecule has 142 valence electrons. The Labute approximate surface area is 162 Å². The van der Waals surface area contributed by atoms with Crippen LogP contribution in [0.1, 0.15) is 53.7 Å². The summed E-state index contributed by atoms with van der Waals surface area (Å²) in [5.74, 6) is -1.21. The number of nitrogens with two attached hydrogens (primary N) is 1. The van der Waals surface area contributed by atoms with Crippen molar-refractivity contribution in [2.45, 2.75) is 38.3 Å².